The fourth-order valence-corrected chi connectivity index (χ4v) is 3.07. The Balaban J connectivity index is 1.66. The van der Waals surface area contributed by atoms with Crippen LogP contribution in [0.4, 0.5) is 5.82 Å². The molecule has 0 aliphatic carbocycles. The van der Waals surface area contributed by atoms with Gasteiger partial charge in [-0.3, -0.25) is 9.59 Å². The van der Waals surface area contributed by atoms with Crippen LogP contribution in [0, 0.1) is 0 Å². The number of fused-ring (bicyclic) bond motifs is 1. The SMILES string of the molecule is CCCCCCCCCCCC(=O)Nc1cc(=O)c2ccccc2[nH]1. The van der Waals surface area contributed by atoms with Crippen LogP contribution in [-0.2, 0) is 4.79 Å². The van der Waals surface area contributed by atoms with E-state index in [9.17, 15) is 9.59 Å². The molecule has 0 unspecified atom stereocenters. The third kappa shape index (κ3) is 6.73. The minimum Gasteiger partial charge on any atom is -0.341 e. The largest absolute Gasteiger partial charge is 0.341 e. The summed E-state index contributed by atoms with van der Waals surface area (Å²) in [5, 5.41) is 3.44. The molecule has 25 heavy (non-hydrogen) atoms. The topological polar surface area (TPSA) is 62.0 Å². The van der Waals surface area contributed by atoms with Gasteiger partial charge in [-0.1, -0.05) is 70.4 Å². The third-order valence-corrected chi connectivity index (χ3v) is 4.52. The van der Waals surface area contributed by atoms with Crippen molar-refractivity contribution < 1.29 is 4.79 Å². The first-order valence-corrected chi connectivity index (χ1v) is 9.62. The highest BCUT2D eigenvalue weighted by Crippen LogP contribution is 2.12. The van der Waals surface area contributed by atoms with Crippen LogP contribution in [0.15, 0.2) is 35.1 Å². The molecule has 0 radical (unpaired) electrons. The van der Waals surface area contributed by atoms with Crippen LogP contribution < -0.4 is 10.7 Å². The summed E-state index contributed by atoms with van der Waals surface area (Å²) in [4.78, 5) is 27.2. The molecule has 2 rings (SSSR count). The summed E-state index contributed by atoms with van der Waals surface area (Å²) in [5.41, 5.74) is 0.668. The number of hydrogen-bond donors (Lipinski definition) is 2. The Morgan fingerprint density at radius 1 is 0.960 bits per heavy atom. The van der Waals surface area contributed by atoms with Crippen molar-refractivity contribution in [3.63, 3.8) is 0 Å². The van der Waals surface area contributed by atoms with Crippen molar-refractivity contribution in [1.82, 2.24) is 4.98 Å². The van der Waals surface area contributed by atoms with Gasteiger partial charge in [0.1, 0.15) is 5.82 Å². The van der Waals surface area contributed by atoms with Crippen LogP contribution >= 0.6 is 0 Å². The van der Waals surface area contributed by atoms with E-state index in [2.05, 4.69) is 17.2 Å². The second-order valence-corrected chi connectivity index (χ2v) is 6.72. The number of benzene rings is 1. The number of unbranched alkanes of at least 4 members (excludes halogenated alkanes) is 8. The molecule has 136 valence electrons. The number of pyridine rings is 1. The first-order valence-electron chi connectivity index (χ1n) is 9.62. The number of carbonyl (C=O) groups excluding carboxylic acids is 1. The molecule has 2 N–H and O–H groups in total. The van der Waals surface area contributed by atoms with E-state index < -0.39 is 0 Å². The van der Waals surface area contributed by atoms with Crippen molar-refractivity contribution in [3.05, 3.63) is 40.6 Å². The molecule has 1 amide bonds. The molecule has 1 aromatic carbocycles. The Hall–Kier alpha value is -2.10. The summed E-state index contributed by atoms with van der Waals surface area (Å²) in [6, 6.07) is 8.78. The maximum atomic E-state index is 12.0. The molecule has 0 saturated heterocycles. The molecule has 4 nitrogen and oxygen atoms in total. The van der Waals surface area contributed by atoms with Gasteiger partial charge in [0.2, 0.25) is 5.91 Å². The number of amides is 1. The van der Waals surface area contributed by atoms with Crippen molar-refractivity contribution in [2.45, 2.75) is 71.1 Å². The molecular formula is C21H30N2O2. The van der Waals surface area contributed by atoms with Gasteiger partial charge in [0, 0.05) is 17.9 Å². The molecule has 1 heterocycles. The average molecular weight is 342 g/mol. The molecule has 0 aliphatic heterocycles. The highest BCUT2D eigenvalue weighted by atomic mass is 16.1. The van der Waals surface area contributed by atoms with E-state index in [0.717, 1.165) is 18.4 Å². The number of carbonyl (C=O) groups is 1. The Morgan fingerprint density at radius 2 is 1.60 bits per heavy atom. The van der Waals surface area contributed by atoms with Gasteiger partial charge >= 0.3 is 0 Å². The minimum atomic E-state index is -0.0762. The van der Waals surface area contributed by atoms with Gasteiger partial charge in [0.15, 0.2) is 5.43 Å². The van der Waals surface area contributed by atoms with E-state index in [1.807, 2.05) is 18.2 Å². The number of para-hydroxylation sites is 1. The Bertz CT molecular complexity index is 721. The van der Waals surface area contributed by atoms with Crippen molar-refractivity contribution >= 4 is 22.6 Å². The van der Waals surface area contributed by atoms with E-state index in [0.29, 0.717) is 17.6 Å². The smallest absolute Gasteiger partial charge is 0.225 e. The van der Waals surface area contributed by atoms with Gasteiger partial charge in [0.05, 0.1) is 5.52 Å². The number of hydrogen-bond acceptors (Lipinski definition) is 2. The molecule has 0 saturated carbocycles. The fourth-order valence-electron chi connectivity index (χ4n) is 3.07. The maximum Gasteiger partial charge on any atom is 0.225 e. The van der Waals surface area contributed by atoms with Gasteiger partial charge in [0.25, 0.3) is 0 Å². The standard InChI is InChI=1S/C21H30N2O2/c1-2-3-4-5-6-7-8-9-10-15-21(25)23-20-16-19(24)17-13-11-12-14-18(17)22-20/h11-14,16H,2-10,15H2,1H3,(H2,22,23,24,25). The molecule has 0 bridgehead atoms. The van der Waals surface area contributed by atoms with E-state index >= 15 is 0 Å². The first-order chi connectivity index (χ1) is 12.2. The highest BCUT2D eigenvalue weighted by Gasteiger charge is 2.05. The van der Waals surface area contributed by atoms with Crippen LogP contribution in [0.25, 0.3) is 10.9 Å². The zero-order valence-corrected chi connectivity index (χ0v) is 15.3. The highest BCUT2D eigenvalue weighted by molar-refractivity contribution is 5.91. The molecule has 2 aromatic rings. The van der Waals surface area contributed by atoms with Crippen molar-refractivity contribution in [3.8, 4) is 0 Å². The lowest BCUT2D eigenvalue weighted by Crippen LogP contribution is -2.14. The summed E-state index contributed by atoms with van der Waals surface area (Å²) in [6.07, 6.45) is 11.6. The molecule has 0 atom stereocenters. The Labute approximate surface area is 150 Å². The monoisotopic (exact) mass is 342 g/mol. The predicted molar refractivity (Wildman–Crippen MR) is 105 cm³/mol. The quantitative estimate of drug-likeness (QED) is 0.538. The first kappa shape index (κ1) is 19.2. The molecular weight excluding hydrogens is 312 g/mol. The third-order valence-electron chi connectivity index (χ3n) is 4.52. The fraction of sp³-hybridized carbons (Fsp3) is 0.524. The summed E-state index contributed by atoms with van der Waals surface area (Å²) < 4.78 is 0. The Kier molecular flexibility index (Phi) is 8.23. The second-order valence-electron chi connectivity index (χ2n) is 6.72. The van der Waals surface area contributed by atoms with Gasteiger partial charge in [-0.25, -0.2) is 0 Å². The lowest BCUT2D eigenvalue weighted by molar-refractivity contribution is -0.116. The number of rotatable bonds is 11. The second kappa shape index (κ2) is 10.7. The van der Waals surface area contributed by atoms with Crippen molar-refractivity contribution in [2.75, 3.05) is 5.32 Å². The number of H-pyrrole nitrogens is 1. The molecule has 0 fully saturated rings. The van der Waals surface area contributed by atoms with E-state index in [-0.39, 0.29) is 11.3 Å². The number of aromatic amines is 1. The van der Waals surface area contributed by atoms with Gasteiger partial charge in [-0.05, 0) is 18.6 Å². The van der Waals surface area contributed by atoms with Gasteiger partial charge < -0.3 is 10.3 Å². The molecule has 0 aliphatic rings. The van der Waals surface area contributed by atoms with Gasteiger partial charge in [-0.2, -0.15) is 0 Å². The van der Waals surface area contributed by atoms with E-state index in [4.69, 9.17) is 0 Å². The molecule has 4 heteroatoms. The lowest BCUT2D eigenvalue weighted by Gasteiger charge is -2.07. The lowest BCUT2D eigenvalue weighted by atomic mass is 10.1. The van der Waals surface area contributed by atoms with Gasteiger partial charge in [-0.15, -0.1) is 0 Å². The molecule has 1 aromatic heterocycles. The zero-order chi connectivity index (χ0) is 17.9. The van der Waals surface area contributed by atoms with Crippen LogP contribution in [0.2, 0.25) is 0 Å². The van der Waals surface area contributed by atoms with E-state index in [1.165, 1.54) is 51.0 Å². The maximum absolute atomic E-state index is 12.0. The summed E-state index contributed by atoms with van der Waals surface area (Å²) in [7, 11) is 0. The minimum absolute atomic E-state index is 0.0334. The Morgan fingerprint density at radius 3 is 2.32 bits per heavy atom. The normalized spacial score (nSPS) is 10.9. The number of nitrogens with one attached hydrogen (secondary N) is 2. The van der Waals surface area contributed by atoms with Crippen LogP contribution in [0.5, 0.6) is 0 Å². The number of aromatic nitrogens is 1. The van der Waals surface area contributed by atoms with Crippen molar-refractivity contribution in [2.24, 2.45) is 0 Å². The summed E-state index contributed by atoms with van der Waals surface area (Å²) in [5.74, 6) is 0.443. The number of anilines is 1. The van der Waals surface area contributed by atoms with Crippen LogP contribution in [0.3, 0.4) is 0 Å². The van der Waals surface area contributed by atoms with Crippen LogP contribution in [-0.4, -0.2) is 10.9 Å². The average Bonchev–Trinajstić information content (AvgIpc) is 2.60. The van der Waals surface area contributed by atoms with Crippen LogP contribution in [0.1, 0.15) is 71.1 Å². The molecule has 0 spiro atoms. The van der Waals surface area contributed by atoms with Crippen molar-refractivity contribution in [1.29, 1.82) is 0 Å². The summed E-state index contributed by atoms with van der Waals surface area (Å²) in [6.45, 7) is 2.23. The zero-order valence-electron chi connectivity index (χ0n) is 15.3. The van der Waals surface area contributed by atoms with E-state index in [1.54, 1.807) is 6.07 Å². The summed E-state index contributed by atoms with van der Waals surface area (Å²) >= 11 is 0. The predicted octanol–water partition coefficient (Wildman–Crippen LogP) is 5.39.